The number of fused-ring (bicyclic) bond motifs is 20. The Balaban J connectivity index is 0.000000105. The van der Waals surface area contributed by atoms with Crippen molar-refractivity contribution >= 4 is 131 Å². The standard InChI is InChI=1S/C28H27N2O.C27H25N2O.C26H25N2O.C25H23N2O/c1-18-12-14-23-26-22-11-7-6-10-20(22)16-29-28(26)31-27(23)25(18)24-15-13-21(17-30(24)2)19-8-4-3-5-9-19;1-17-11-13-22-25-21-10-6-5-9-19(21)15-28-27(25)30-26(22)24(17)23-14-12-20(16-29(23)2)18-7-3-4-8-18;1-16-10-12-20-23-19-9-7-6-8-17(19)14-27-25(23)29-24(20)22(16)21-13-11-18(15-28(21)5)26(2,3)4;1-15(2)18-10-12-21(27(4)14-18)22-16(3)9-11-20-23-19-8-6-5-7-17(19)13-26-25(23)28-24(20)22/h6-7,10-17,19H,3-5,8-9H2,1-2H3;5-6,9-16,18H,3-4,7-8H2,1-2H3;6-15H,1-5H3;5-15H,1-4H3/q4*+1. The van der Waals surface area contributed by atoms with Crippen molar-refractivity contribution in [1.82, 2.24) is 19.9 Å². The molecule has 0 N–H and O–H groups in total. The maximum Gasteiger partial charge on any atom is 0.227 e. The summed E-state index contributed by atoms with van der Waals surface area (Å²) in [5.74, 6) is 1.91. The molecule has 0 unspecified atom stereocenters. The molecule has 118 heavy (non-hydrogen) atoms. The van der Waals surface area contributed by atoms with Crippen LogP contribution in [0.2, 0.25) is 0 Å². The minimum Gasteiger partial charge on any atom is -0.437 e. The molecule has 0 radical (unpaired) electrons. The van der Waals surface area contributed by atoms with Crippen LogP contribution in [-0.2, 0) is 33.6 Å². The van der Waals surface area contributed by atoms with Crippen molar-refractivity contribution in [3.05, 3.63) is 288 Å². The van der Waals surface area contributed by atoms with E-state index in [0.717, 1.165) is 121 Å². The summed E-state index contributed by atoms with van der Waals surface area (Å²) >= 11 is 0. The monoisotopic (exact) mass is 1550 g/mol. The van der Waals surface area contributed by atoms with Gasteiger partial charge in [0.15, 0.2) is 47.1 Å². The lowest BCUT2D eigenvalue weighted by atomic mass is 9.84. The highest BCUT2D eigenvalue weighted by molar-refractivity contribution is 6.23. The maximum atomic E-state index is 6.40. The number of rotatable bonds is 7. The van der Waals surface area contributed by atoms with E-state index < -0.39 is 0 Å². The zero-order valence-electron chi connectivity index (χ0n) is 69.9. The van der Waals surface area contributed by atoms with E-state index in [1.54, 1.807) is 0 Å². The summed E-state index contributed by atoms with van der Waals surface area (Å²) < 4.78 is 34.4. The molecule has 0 amide bonds. The molecule has 12 aromatic heterocycles. The topological polar surface area (TPSA) is 120 Å². The summed E-state index contributed by atoms with van der Waals surface area (Å²) in [5, 5.41) is 18.2. The lowest BCUT2D eigenvalue weighted by molar-refractivity contribution is -0.661. The van der Waals surface area contributed by atoms with E-state index in [1.165, 1.54) is 135 Å². The third-order valence-electron chi connectivity index (χ3n) is 25.5. The van der Waals surface area contributed by atoms with E-state index in [-0.39, 0.29) is 5.41 Å². The van der Waals surface area contributed by atoms with Gasteiger partial charge < -0.3 is 17.7 Å². The second-order valence-electron chi connectivity index (χ2n) is 34.6. The number of aryl methyl sites for hydroxylation is 8. The van der Waals surface area contributed by atoms with Gasteiger partial charge in [-0.05, 0) is 145 Å². The van der Waals surface area contributed by atoms with Gasteiger partial charge in [-0.15, -0.1) is 0 Å². The van der Waals surface area contributed by atoms with Gasteiger partial charge in [-0.1, -0.05) is 212 Å². The van der Waals surface area contributed by atoms with Crippen LogP contribution in [0.4, 0.5) is 0 Å². The van der Waals surface area contributed by atoms with Crippen molar-refractivity contribution < 1.29 is 35.9 Å². The van der Waals surface area contributed by atoms with Gasteiger partial charge in [-0.3, -0.25) is 0 Å². The number of aromatic nitrogens is 8. The lowest BCUT2D eigenvalue weighted by Crippen LogP contribution is -2.33. The van der Waals surface area contributed by atoms with Crippen LogP contribution in [0, 0.1) is 27.7 Å². The summed E-state index contributed by atoms with van der Waals surface area (Å²) in [5.41, 5.74) is 26.2. The zero-order chi connectivity index (χ0) is 80.9. The highest BCUT2D eigenvalue weighted by Gasteiger charge is 2.31. The molecule has 0 atom stereocenters. The molecule has 0 aliphatic heterocycles. The fourth-order valence-corrected chi connectivity index (χ4v) is 19.0. The summed E-state index contributed by atoms with van der Waals surface area (Å²) in [6.07, 6.45) is 28.8. The van der Waals surface area contributed by atoms with E-state index in [0.29, 0.717) is 40.6 Å². The molecule has 2 aliphatic rings. The van der Waals surface area contributed by atoms with E-state index in [1.807, 2.05) is 36.9 Å². The van der Waals surface area contributed by atoms with E-state index >= 15 is 0 Å². The SMILES string of the molecule is Cc1ccc2c(oc3ncc4ccccc4c32)c1-c1ccc(C(C)(C)C)c[n+]1C.Cc1ccc2c(oc3ncc4ccccc4c32)c1-c1ccc(C(C)C)c[n+]1C.Cc1ccc2c(oc3ncc4ccccc4c32)c1-c1ccc(C2CCCC2)c[n+]1C.Cc1ccc2c(oc3ncc4ccccc4c32)c1-c1ccc(C2CCCCC2)c[n+]1C. The first-order valence-corrected chi connectivity index (χ1v) is 42.1. The van der Waals surface area contributed by atoms with Gasteiger partial charge in [0.2, 0.25) is 45.6 Å². The van der Waals surface area contributed by atoms with Gasteiger partial charge in [0.1, 0.15) is 28.2 Å². The Labute approximate surface area is 687 Å². The molecule has 0 saturated heterocycles. The van der Waals surface area contributed by atoms with Gasteiger partial charge in [0, 0.05) is 114 Å². The summed E-state index contributed by atoms with van der Waals surface area (Å²) in [6, 6.07) is 69.1. The van der Waals surface area contributed by atoms with E-state index in [4.69, 9.17) is 17.7 Å². The molecule has 0 spiro atoms. The van der Waals surface area contributed by atoms with Crippen molar-refractivity contribution in [2.45, 2.75) is 143 Å². The highest BCUT2D eigenvalue weighted by Crippen LogP contribution is 2.46. The smallest absolute Gasteiger partial charge is 0.227 e. The Hall–Kier alpha value is -12.8. The second kappa shape index (κ2) is 30.4. The molecule has 12 heterocycles. The minimum atomic E-state index is 0.111. The molecule has 22 rings (SSSR count). The number of pyridine rings is 8. The molecule has 584 valence electrons. The van der Waals surface area contributed by atoms with Crippen LogP contribution in [0.25, 0.3) is 176 Å². The van der Waals surface area contributed by atoms with Crippen LogP contribution < -0.4 is 18.3 Å². The Bertz CT molecular complexity index is 7380. The average Bonchev–Trinajstić information content (AvgIpc) is 1.60. The van der Waals surface area contributed by atoms with E-state index in [2.05, 4.69) is 335 Å². The lowest BCUT2D eigenvalue weighted by Gasteiger charge is -2.21. The molecule has 0 bridgehead atoms. The fourth-order valence-electron chi connectivity index (χ4n) is 19.0. The van der Waals surface area contributed by atoms with Crippen LogP contribution in [0.5, 0.6) is 0 Å². The number of nitrogens with zero attached hydrogens (tertiary/aromatic N) is 8. The molecule has 2 aliphatic carbocycles. The third kappa shape index (κ3) is 13.3. The van der Waals surface area contributed by atoms with Gasteiger partial charge in [0.05, 0.1) is 43.8 Å². The first kappa shape index (κ1) is 75.3. The minimum absolute atomic E-state index is 0.111. The largest absolute Gasteiger partial charge is 0.437 e. The zero-order valence-corrected chi connectivity index (χ0v) is 69.9. The maximum absolute atomic E-state index is 6.40. The predicted molar refractivity (Wildman–Crippen MR) is 481 cm³/mol. The van der Waals surface area contributed by atoms with Crippen LogP contribution in [-0.4, -0.2) is 19.9 Å². The molecular formula is C106H100N8O4+4. The van der Waals surface area contributed by atoms with Crippen molar-refractivity contribution in [3.8, 4) is 45.0 Å². The van der Waals surface area contributed by atoms with Crippen molar-refractivity contribution in [1.29, 1.82) is 0 Å². The number of furan rings is 4. The third-order valence-corrected chi connectivity index (χ3v) is 25.5. The van der Waals surface area contributed by atoms with Gasteiger partial charge >= 0.3 is 0 Å². The normalized spacial score (nSPS) is 13.7. The number of benzene rings is 8. The molecule has 12 nitrogen and oxygen atoms in total. The van der Waals surface area contributed by atoms with Crippen LogP contribution >= 0.6 is 0 Å². The molecule has 12 heteroatoms. The molecule has 20 aromatic rings. The second-order valence-corrected chi connectivity index (χ2v) is 34.6. The van der Waals surface area contributed by atoms with E-state index in [9.17, 15) is 0 Å². The van der Waals surface area contributed by atoms with Crippen LogP contribution in [0.15, 0.2) is 261 Å². The summed E-state index contributed by atoms with van der Waals surface area (Å²) in [7, 11) is 8.54. The predicted octanol–water partition coefficient (Wildman–Crippen LogP) is 25.9. The summed E-state index contributed by atoms with van der Waals surface area (Å²) in [4.78, 5) is 18.5. The highest BCUT2D eigenvalue weighted by atomic mass is 16.4. The first-order chi connectivity index (χ1) is 57.3. The first-order valence-electron chi connectivity index (χ1n) is 42.1. The number of hydrogen-bond acceptors (Lipinski definition) is 8. The Morgan fingerprint density at radius 3 is 0.898 bits per heavy atom. The molecular weight excluding hydrogens is 1450 g/mol. The Kier molecular flexibility index (Phi) is 19.4. The Morgan fingerprint density at radius 2 is 0.602 bits per heavy atom. The molecule has 2 saturated carbocycles. The quantitative estimate of drug-likeness (QED) is 0.145. The van der Waals surface area contributed by atoms with Gasteiger partial charge in [-0.25, -0.2) is 38.2 Å². The van der Waals surface area contributed by atoms with Crippen LogP contribution in [0.3, 0.4) is 0 Å². The Morgan fingerprint density at radius 1 is 0.314 bits per heavy atom. The number of hydrogen-bond donors (Lipinski definition) is 0. The average molecular weight is 1550 g/mol. The molecule has 2 fully saturated rings. The summed E-state index contributed by atoms with van der Waals surface area (Å²) in [6.45, 7) is 19.8. The van der Waals surface area contributed by atoms with Gasteiger partial charge in [0.25, 0.3) is 0 Å². The van der Waals surface area contributed by atoms with Crippen LogP contribution in [0.1, 0.15) is 155 Å². The van der Waals surface area contributed by atoms with Gasteiger partial charge in [-0.2, -0.15) is 0 Å². The molecule has 8 aromatic carbocycles. The van der Waals surface area contributed by atoms with Crippen molar-refractivity contribution in [2.75, 3.05) is 0 Å². The van der Waals surface area contributed by atoms with Crippen molar-refractivity contribution in [2.24, 2.45) is 28.2 Å². The van der Waals surface area contributed by atoms with Crippen molar-refractivity contribution in [3.63, 3.8) is 0 Å². The fraction of sp³-hybridized carbons (Fsp3) is 0.245.